The van der Waals surface area contributed by atoms with Gasteiger partial charge in [-0.3, -0.25) is 9.59 Å². The van der Waals surface area contributed by atoms with Crippen molar-refractivity contribution in [3.63, 3.8) is 0 Å². The van der Waals surface area contributed by atoms with Gasteiger partial charge in [0.05, 0.1) is 6.54 Å². The van der Waals surface area contributed by atoms with Crippen LogP contribution in [0.4, 0.5) is 0 Å². The first kappa shape index (κ1) is 17.6. The Morgan fingerprint density at radius 2 is 2.04 bits per heavy atom. The van der Waals surface area contributed by atoms with E-state index in [0.717, 1.165) is 30.9 Å². The number of carbonyl (C=O) groups excluding carboxylic acids is 2. The monoisotopic (exact) mass is 372 g/mol. The van der Waals surface area contributed by atoms with Gasteiger partial charge in [0.1, 0.15) is 25.0 Å². The molecule has 2 aliphatic rings. The van der Waals surface area contributed by atoms with Crippen LogP contribution >= 0.6 is 0 Å². The van der Waals surface area contributed by atoms with Gasteiger partial charge in [0.2, 0.25) is 11.8 Å². The summed E-state index contributed by atoms with van der Waals surface area (Å²) in [5, 5.41) is 12.8. The molecule has 0 saturated carbocycles. The molecule has 2 amide bonds. The number of aromatic nitrogens is 6. The molecular formula is C17H24N8O2. The van der Waals surface area contributed by atoms with E-state index in [1.807, 2.05) is 16.5 Å². The number of carbonyl (C=O) groups is 2. The van der Waals surface area contributed by atoms with Crippen LogP contribution in [0.25, 0.3) is 0 Å². The van der Waals surface area contributed by atoms with Crippen LogP contribution in [-0.2, 0) is 23.2 Å². The van der Waals surface area contributed by atoms with Gasteiger partial charge in [-0.1, -0.05) is 0 Å². The van der Waals surface area contributed by atoms with Crippen LogP contribution in [-0.4, -0.2) is 77.3 Å². The topological polar surface area (TPSA) is 102 Å². The van der Waals surface area contributed by atoms with E-state index >= 15 is 0 Å². The van der Waals surface area contributed by atoms with E-state index in [2.05, 4.69) is 20.3 Å². The minimum Gasteiger partial charge on any atom is -0.341 e. The van der Waals surface area contributed by atoms with E-state index in [4.69, 9.17) is 0 Å². The van der Waals surface area contributed by atoms with Gasteiger partial charge in [0.25, 0.3) is 0 Å². The van der Waals surface area contributed by atoms with Crippen molar-refractivity contribution in [2.45, 2.75) is 38.1 Å². The maximum absolute atomic E-state index is 12.5. The summed E-state index contributed by atoms with van der Waals surface area (Å²) in [4.78, 5) is 31.7. The molecule has 2 saturated heterocycles. The third-order valence-corrected chi connectivity index (χ3v) is 5.48. The average Bonchev–Trinajstić information content (AvgIpc) is 3.40. The quantitative estimate of drug-likeness (QED) is 0.719. The summed E-state index contributed by atoms with van der Waals surface area (Å²) in [7, 11) is 1.97. The first-order valence-corrected chi connectivity index (χ1v) is 9.38. The molecule has 0 spiro atoms. The lowest BCUT2D eigenvalue weighted by Crippen LogP contribution is -2.44. The van der Waals surface area contributed by atoms with E-state index in [1.165, 1.54) is 6.33 Å². The van der Waals surface area contributed by atoms with Crippen molar-refractivity contribution in [1.29, 1.82) is 0 Å². The van der Waals surface area contributed by atoms with Crippen LogP contribution in [0.3, 0.4) is 0 Å². The van der Waals surface area contributed by atoms with Gasteiger partial charge in [-0.2, -0.15) is 5.10 Å². The predicted octanol–water partition coefficient (Wildman–Crippen LogP) is -0.217. The molecule has 144 valence electrons. The summed E-state index contributed by atoms with van der Waals surface area (Å²) >= 11 is 0. The second kappa shape index (κ2) is 7.45. The summed E-state index contributed by atoms with van der Waals surface area (Å²) in [6.45, 7) is 2.84. The molecule has 0 N–H and O–H groups in total. The third-order valence-electron chi connectivity index (χ3n) is 5.48. The number of nitrogens with zero attached hydrogens (tertiary/aromatic N) is 8. The van der Waals surface area contributed by atoms with E-state index in [9.17, 15) is 9.59 Å². The molecule has 0 unspecified atom stereocenters. The lowest BCUT2D eigenvalue weighted by molar-refractivity contribution is -0.139. The Kier molecular flexibility index (Phi) is 4.87. The van der Waals surface area contributed by atoms with Gasteiger partial charge < -0.3 is 14.4 Å². The van der Waals surface area contributed by atoms with E-state index in [0.29, 0.717) is 32.6 Å². The normalized spacial score (nSPS) is 18.5. The number of piperidine rings is 1. The van der Waals surface area contributed by atoms with Crippen molar-refractivity contribution in [3.8, 4) is 0 Å². The molecule has 27 heavy (non-hydrogen) atoms. The largest absolute Gasteiger partial charge is 0.341 e. The summed E-state index contributed by atoms with van der Waals surface area (Å²) in [6, 6.07) is 0. The number of likely N-dealkylation sites (tertiary alicyclic amines) is 2. The van der Waals surface area contributed by atoms with Crippen molar-refractivity contribution < 1.29 is 9.59 Å². The van der Waals surface area contributed by atoms with Crippen LogP contribution in [0.5, 0.6) is 0 Å². The highest BCUT2D eigenvalue weighted by atomic mass is 16.2. The molecule has 4 rings (SSSR count). The fraction of sp³-hybridized carbons (Fsp3) is 0.647. The maximum Gasteiger partial charge on any atom is 0.242 e. The smallest absolute Gasteiger partial charge is 0.242 e. The Bertz CT molecular complexity index is 807. The predicted molar refractivity (Wildman–Crippen MR) is 94.5 cm³/mol. The Morgan fingerprint density at radius 3 is 2.70 bits per heavy atom. The highest BCUT2D eigenvalue weighted by molar-refractivity contribution is 5.85. The number of hydrogen-bond acceptors (Lipinski definition) is 6. The average molecular weight is 372 g/mol. The van der Waals surface area contributed by atoms with E-state index < -0.39 is 0 Å². The van der Waals surface area contributed by atoms with Crippen LogP contribution in [0.1, 0.15) is 43.3 Å². The zero-order valence-corrected chi connectivity index (χ0v) is 15.5. The number of amides is 2. The van der Waals surface area contributed by atoms with Crippen molar-refractivity contribution in [2.75, 3.05) is 26.2 Å². The van der Waals surface area contributed by atoms with Crippen LogP contribution in [0, 0.1) is 0 Å². The molecule has 2 fully saturated rings. The van der Waals surface area contributed by atoms with Crippen LogP contribution in [0.2, 0.25) is 0 Å². The Morgan fingerprint density at radius 1 is 1.22 bits per heavy atom. The first-order valence-electron chi connectivity index (χ1n) is 9.38. The molecule has 10 nitrogen and oxygen atoms in total. The Hall–Kier alpha value is -2.78. The van der Waals surface area contributed by atoms with Crippen LogP contribution in [0.15, 0.2) is 12.7 Å². The molecule has 0 atom stereocenters. The molecular weight excluding hydrogens is 348 g/mol. The van der Waals surface area contributed by atoms with Crippen LogP contribution < -0.4 is 0 Å². The lowest BCUT2D eigenvalue weighted by Gasteiger charge is -2.32. The first-order chi connectivity index (χ1) is 13.1. The standard InChI is InChI=1S/C17H24N8O2/c1-22-14(9-25-12-18-11-19-25)20-21-17(22)13-4-7-23(8-5-13)16(27)10-24-6-2-3-15(24)26/h11-13H,2-10H2,1H3. The summed E-state index contributed by atoms with van der Waals surface area (Å²) in [6.07, 6.45) is 6.29. The highest BCUT2D eigenvalue weighted by Gasteiger charge is 2.30. The molecule has 10 heteroatoms. The summed E-state index contributed by atoms with van der Waals surface area (Å²) in [5.74, 6) is 2.21. The van der Waals surface area contributed by atoms with Crippen molar-refractivity contribution in [1.82, 2.24) is 39.3 Å². The SMILES string of the molecule is Cn1c(Cn2cncn2)nnc1C1CCN(C(=O)CN2CCCC2=O)CC1. The minimum atomic E-state index is 0.0496. The van der Waals surface area contributed by atoms with Gasteiger partial charge in [0, 0.05) is 39.0 Å². The molecule has 2 aromatic heterocycles. The molecule has 0 aromatic carbocycles. The third kappa shape index (κ3) is 3.69. The Labute approximate surface area is 157 Å². The van der Waals surface area contributed by atoms with E-state index in [-0.39, 0.29) is 24.3 Å². The van der Waals surface area contributed by atoms with Gasteiger partial charge >= 0.3 is 0 Å². The van der Waals surface area contributed by atoms with Crippen molar-refractivity contribution in [3.05, 3.63) is 24.3 Å². The zero-order chi connectivity index (χ0) is 18.8. The molecule has 0 bridgehead atoms. The number of hydrogen-bond donors (Lipinski definition) is 0. The van der Waals surface area contributed by atoms with Gasteiger partial charge in [-0.15, -0.1) is 10.2 Å². The van der Waals surface area contributed by atoms with Crippen molar-refractivity contribution >= 4 is 11.8 Å². The van der Waals surface area contributed by atoms with Crippen molar-refractivity contribution in [2.24, 2.45) is 7.05 Å². The molecule has 0 radical (unpaired) electrons. The highest BCUT2D eigenvalue weighted by Crippen LogP contribution is 2.27. The fourth-order valence-electron chi connectivity index (χ4n) is 3.85. The fourth-order valence-corrected chi connectivity index (χ4v) is 3.85. The van der Waals surface area contributed by atoms with E-state index in [1.54, 1.807) is 15.9 Å². The zero-order valence-electron chi connectivity index (χ0n) is 15.5. The van der Waals surface area contributed by atoms with Gasteiger partial charge in [-0.05, 0) is 19.3 Å². The summed E-state index contributed by atoms with van der Waals surface area (Å²) < 4.78 is 3.74. The Balaban J connectivity index is 1.33. The molecule has 2 aliphatic heterocycles. The second-order valence-corrected chi connectivity index (χ2v) is 7.20. The molecule has 2 aromatic rings. The minimum absolute atomic E-state index is 0.0496. The molecule has 4 heterocycles. The molecule has 0 aliphatic carbocycles. The van der Waals surface area contributed by atoms with Gasteiger partial charge in [-0.25, -0.2) is 9.67 Å². The second-order valence-electron chi connectivity index (χ2n) is 7.20. The maximum atomic E-state index is 12.5. The van der Waals surface area contributed by atoms with Gasteiger partial charge in [0.15, 0.2) is 5.82 Å². The number of rotatable bonds is 5. The summed E-state index contributed by atoms with van der Waals surface area (Å²) in [5.41, 5.74) is 0. The lowest BCUT2D eigenvalue weighted by atomic mass is 9.96.